The van der Waals surface area contributed by atoms with Crippen LogP contribution >= 0.6 is 0 Å². The fourth-order valence-corrected chi connectivity index (χ4v) is 3.43. The fraction of sp³-hybridized carbons (Fsp3) is 0.500. The summed E-state index contributed by atoms with van der Waals surface area (Å²) in [5.74, 6) is -0.584. The molecule has 7 heteroatoms. The number of carbonyl (C=O) groups is 1. The Morgan fingerprint density at radius 3 is 2.76 bits per heavy atom. The van der Waals surface area contributed by atoms with E-state index in [-0.39, 0.29) is 23.2 Å². The average Bonchev–Trinajstić information content (AvgIpc) is 3.00. The first-order valence-electron chi connectivity index (χ1n) is 6.96. The molecule has 3 atom stereocenters. The molecule has 1 amide bonds. The monoisotopic (exact) mass is 293 g/mol. The summed E-state index contributed by atoms with van der Waals surface area (Å²) in [6.07, 6.45) is 1.97. The van der Waals surface area contributed by atoms with E-state index in [4.69, 9.17) is 5.73 Å². The van der Waals surface area contributed by atoms with Gasteiger partial charge in [0, 0.05) is 25.2 Å². The lowest BCUT2D eigenvalue weighted by Gasteiger charge is -2.19. The molecule has 2 aliphatic rings. The van der Waals surface area contributed by atoms with Gasteiger partial charge in [-0.15, -0.1) is 0 Å². The molecular formula is C14H16FN3O3. The van der Waals surface area contributed by atoms with Crippen LogP contribution in [0.4, 0.5) is 10.1 Å². The number of fused-ring (bicyclic) bond motifs is 1. The maximum absolute atomic E-state index is 13.9. The molecule has 3 unspecified atom stereocenters. The third-order valence-corrected chi connectivity index (χ3v) is 4.59. The van der Waals surface area contributed by atoms with Crippen LogP contribution in [0, 0.1) is 27.8 Å². The van der Waals surface area contributed by atoms with E-state index in [1.54, 1.807) is 4.90 Å². The Hall–Kier alpha value is -2.02. The number of non-ortho nitro benzene ring substituents is 1. The average molecular weight is 293 g/mol. The van der Waals surface area contributed by atoms with Crippen molar-refractivity contribution in [3.05, 3.63) is 39.7 Å². The van der Waals surface area contributed by atoms with Crippen molar-refractivity contribution in [1.29, 1.82) is 0 Å². The second kappa shape index (κ2) is 5.07. The third-order valence-electron chi connectivity index (χ3n) is 4.59. The summed E-state index contributed by atoms with van der Waals surface area (Å²) in [6.45, 7) is 1.13. The Bertz CT molecular complexity index is 607. The van der Waals surface area contributed by atoms with E-state index in [1.165, 1.54) is 6.07 Å². The van der Waals surface area contributed by atoms with Gasteiger partial charge in [0.1, 0.15) is 5.82 Å². The van der Waals surface area contributed by atoms with Crippen LogP contribution in [-0.2, 0) is 0 Å². The topological polar surface area (TPSA) is 89.5 Å². The van der Waals surface area contributed by atoms with Crippen molar-refractivity contribution in [2.45, 2.75) is 18.9 Å². The molecule has 2 fully saturated rings. The summed E-state index contributed by atoms with van der Waals surface area (Å²) in [5.41, 5.74) is 5.54. The van der Waals surface area contributed by atoms with Gasteiger partial charge < -0.3 is 10.6 Å². The van der Waals surface area contributed by atoms with E-state index in [0.29, 0.717) is 19.0 Å². The zero-order valence-corrected chi connectivity index (χ0v) is 11.4. The Kier molecular flexibility index (Phi) is 3.36. The van der Waals surface area contributed by atoms with Crippen LogP contribution in [0.15, 0.2) is 18.2 Å². The van der Waals surface area contributed by atoms with Crippen LogP contribution in [0.3, 0.4) is 0 Å². The van der Waals surface area contributed by atoms with Crippen molar-refractivity contribution in [1.82, 2.24) is 4.90 Å². The van der Waals surface area contributed by atoms with Gasteiger partial charge >= 0.3 is 0 Å². The molecule has 1 saturated carbocycles. The van der Waals surface area contributed by atoms with Gasteiger partial charge in [-0.05, 0) is 30.7 Å². The summed E-state index contributed by atoms with van der Waals surface area (Å²) >= 11 is 0. The highest BCUT2D eigenvalue weighted by Crippen LogP contribution is 2.37. The lowest BCUT2D eigenvalue weighted by atomic mass is 9.98. The predicted octanol–water partition coefficient (Wildman–Crippen LogP) is 1.54. The van der Waals surface area contributed by atoms with Crippen molar-refractivity contribution < 1.29 is 14.1 Å². The minimum absolute atomic E-state index is 0.106. The Morgan fingerprint density at radius 1 is 1.38 bits per heavy atom. The van der Waals surface area contributed by atoms with Crippen LogP contribution in [0.2, 0.25) is 0 Å². The molecule has 21 heavy (non-hydrogen) atoms. The second-order valence-corrected chi connectivity index (χ2v) is 5.80. The lowest BCUT2D eigenvalue weighted by Crippen LogP contribution is -2.33. The van der Waals surface area contributed by atoms with E-state index in [1.807, 2.05) is 0 Å². The van der Waals surface area contributed by atoms with E-state index in [0.717, 1.165) is 25.0 Å². The molecule has 1 saturated heterocycles. The number of hydrogen-bond donors (Lipinski definition) is 1. The molecule has 112 valence electrons. The van der Waals surface area contributed by atoms with E-state index >= 15 is 0 Å². The van der Waals surface area contributed by atoms with Gasteiger partial charge in [-0.2, -0.15) is 0 Å². The minimum atomic E-state index is -0.851. The highest BCUT2D eigenvalue weighted by Gasteiger charge is 2.42. The van der Waals surface area contributed by atoms with Crippen LogP contribution in [0.5, 0.6) is 0 Å². The highest BCUT2D eigenvalue weighted by molar-refractivity contribution is 5.95. The standard InChI is InChI=1S/C14H16FN3O3/c15-12-5-9(18(20)21)2-3-10(12)14(19)17-6-8-1-4-13(16)11(8)7-17/h2-3,5,8,11,13H,1,4,6-7,16H2. The molecule has 1 aliphatic heterocycles. The van der Waals surface area contributed by atoms with Gasteiger partial charge in [0.05, 0.1) is 16.6 Å². The number of hydrogen-bond acceptors (Lipinski definition) is 4. The normalized spacial score (nSPS) is 27.7. The summed E-state index contributed by atoms with van der Waals surface area (Å²) in [4.78, 5) is 23.9. The van der Waals surface area contributed by atoms with Crippen LogP contribution in [-0.4, -0.2) is 34.9 Å². The molecule has 0 spiro atoms. The van der Waals surface area contributed by atoms with E-state index in [2.05, 4.69) is 0 Å². The molecule has 2 N–H and O–H groups in total. The number of likely N-dealkylation sites (tertiary alicyclic amines) is 1. The van der Waals surface area contributed by atoms with Gasteiger partial charge in [-0.25, -0.2) is 4.39 Å². The Balaban J connectivity index is 1.79. The smallest absolute Gasteiger partial charge is 0.272 e. The van der Waals surface area contributed by atoms with Crippen LogP contribution < -0.4 is 5.73 Å². The number of rotatable bonds is 2. The molecule has 1 aromatic rings. The van der Waals surface area contributed by atoms with Gasteiger partial charge in [0.25, 0.3) is 11.6 Å². The number of nitro groups is 1. The number of carbonyl (C=O) groups excluding carboxylic acids is 1. The number of nitro benzene ring substituents is 1. The molecular weight excluding hydrogens is 277 g/mol. The summed E-state index contributed by atoms with van der Waals surface area (Å²) in [6, 6.07) is 3.23. The van der Waals surface area contributed by atoms with Crippen molar-refractivity contribution in [3.63, 3.8) is 0 Å². The van der Waals surface area contributed by atoms with Crippen molar-refractivity contribution in [2.75, 3.05) is 13.1 Å². The zero-order chi connectivity index (χ0) is 15.1. The number of nitrogens with zero attached hydrogens (tertiary/aromatic N) is 2. The van der Waals surface area contributed by atoms with E-state index < -0.39 is 16.6 Å². The number of halogens is 1. The number of amides is 1. The summed E-state index contributed by atoms with van der Waals surface area (Å²) in [7, 11) is 0. The highest BCUT2D eigenvalue weighted by atomic mass is 19.1. The number of benzene rings is 1. The minimum Gasteiger partial charge on any atom is -0.338 e. The second-order valence-electron chi connectivity index (χ2n) is 5.80. The zero-order valence-electron chi connectivity index (χ0n) is 11.4. The third kappa shape index (κ3) is 2.37. The molecule has 1 heterocycles. The van der Waals surface area contributed by atoms with Crippen molar-refractivity contribution >= 4 is 11.6 Å². The van der Waals surface area contributed by atoms with Gasteiger partial charge in [-0.1, -0.05) is 0 Å². The molecule has 1 aliphatic carbocycles. The maximum atomic E-state index is 13.9. The first kappa shape index (κ1) is 13.9. The first-order chi connectivity index (χ1) is 9.97. The van der Waals surface area contributed by atoms with Crippen LogP contribution in [0.1, 0.15) is 23.2 Å². The van der Waals surface area contributed by atoms with Gasteiger partial charge in [-0.3, -0.25) is 14.9 Å². The van der Waals surface area contributed by atoms with Gasteiger partial charge in [0.15, 0.2) is 0 Å². The Labute approximate surface area is 120 Å². The molecule has 6 nitrogen and oxygen atoms in total. The molecule has 0 radical (unpaired) electrons. The molecule has 0 bridgehead atoms. The fourth-order valence-electron chi connectivity index (χ4n) is 3.43. The molecule has 0 aromatic heterocycles. The number of nitrogens with two attached hydrogens (primary N) is 1. The van der Waals surface area contributed by atoms with Crippen LogP contribution in [0.25, 0.3) is 0 Å². The van der Waals surface area contributed by atoms with Gasteiger partial charge in [0.2, 0.25) is 0 Å². The van der Waals surface area contributed by atoms with Crippen molar-refractivity contribution in [2.24, 2.45) is 17.6 Å². The summed E-state index contributed by atoms with van der Waals surface area (Å²) in [5, 5.41) is 10.6. The quantitative estimate of drug-likeness (QED) is 0.661. The predicted molar refractivity (Wildman–Crippen MR) is 73.1 cm³/mol. The van der Waals surface area contributed by atoms with E-state index in [9.17, 15) is 19.3 Å². The van der Waals surface area contributed by atoms with Crippen molar-refractivity contribution in [3.8, 4) is 0 Å². The summed E-state index contributed by atoms with van der Waals surface area (Å²) < 4.78 is 13.9. The largest absolute Gasteiger partial charge is 0.338 e. The molecule has 1 aromatic carbocycles. The first-order valence-corrected chi connectivity index (χ1v) is 6.96. The Morgan fingerprint density at radius 2 is 2.14 bits per heavy atom. The lowest BCUT2D eigenvalue weighted by molar-refractivity contribution is -0.385. The molecule has 3 rings (SSSR count). The maximum Gasteiger partial charge on any atom is 0.272 e. The SMILES string of the molecule is NC1CCC2CN(C(=O)c3ccc([N+](=O)[O-])cc3F)CC12.